The van der Waals surface area contributed by atoms with Gasteiger partial charge in [-0.05, 0) is 41.3 Å². The van der Waals surface area contributed by atoms with Crippen LogP contribution >= 0.6 is 23.2 Å². The van der Waals surface area contributed by atoms with Crippen LogP contribution in [-0.2, 0) is 12.0 Å². The summed E-state index contributed by atoms with van der Waals surface area (Å²) in [6.45, 7) is 1.21. The number of amides is 1. The van der Waals surface area contributed by atoms with Crippen molar-refractivity contribution < 1.29 is 9.90 Å². The molecule has 0 bridgehead atoms. The number of likely N-dealkylation sites (tertiary alicyclic amines) is 1. The van der Waals surface area contributed by atoms with Gasteiger partial charge in [0.15, 0.2) is 5.82 Å². The summed E-state index contributed by atoms with van der Waals surface area (Å²) in [6.07, 6.45) is 0.286. The molecule has 0 radical (unpaired) electrons. The molecule has 1 aliphatic heterocycles. The fourth-order valence-corrected chi connectivity index (χ4v) is 4.25. The minimum Gasteiger partial charge on any atom is -0.465 e. The number of hydrogen-bond donors (Lipinski definition) is 1. The Morgan fingerprint density at radius 2 is 1.83 bits per heavy atom. The lowest BCUT2D eigenvalue weighted by Crippen LogP contribution is -2.45. The van der Waals surface area contributed by atoms with E-state index in [-0.39, 0.29) is 0 Å². The number of aromatic nitrogens is 4. The zero-order valence-corrected chi connectivity index (χ0v) is 17.0. The number of piperidine rings is 1. The Labute approximate surface area is 177 Å². The van der Waals surface area contributed by atoms with Crippen LogP contribution in [-0.4, -0.2) is 49.4 Å². The van der Waals surface area contributed by atoms with Crippen LogP contribution in [0.2, 0.25) is 10.0 Å². The van der Waals surface area contributed by atoms with Gasteiger partial charge in [0.05, 0.1) is 12.0 Å². The molecule has 1 aliphatic rings. The van der Waals surface area contributed by atoms with E-state index in [1.165, 1.54) is 9.70 Å². The minimum atomic E-state index is -0.902. The van der Waals surface area contributed by atoms with Gasteiger partial charge >= 0.3 is 6.09 Å². The van der Waals surface area contributed by atoms with Crippen molar-refractivity contribution in [2.75, 3.05) is 13.1 Å². The predicted molar refractivity (Wildman–Crippen MR) is 109 cm³/mol. The van der Waals surface area contributed by atoms with Gasteiger partial charge in [-0.3, -0.25) is 0 Å². The molecule has 1 saturated heterocycles. The molecule has 1 fully saturated rings. The highest BCUT2D eigenvalue weighted by Crippen LogP contribution is 2.39. The van der Waals surface area contributed by atoms with Gasteiger partial charge in [0.2, 0.25) is 0 Å². The van der Waals surface area contributed by atoms with E-state index >= 15 is 0 Å². The summed E-state index contributed by atoms with van der Waals surface area (Å²) in [4.78, 5) is 14.3. The summed E-state index contributed by atoms with van der Waals surface area (Å²) >= 11 is 12.2. The molecule has 2 aromatic carbocycles. The van der Waals surface area contributed by atoms with E-state index in [9.17, 15) is 9.90 Å². The molecular weight excluding hydrogens is 413 g/mol. The highest BCUT2D eigenvalue weighted by atomic mass is 35.5. The predicted octanol–water partition coefficient (Wildman–Crippen LogP) is 4.09. The second kappa shape index (κ2) is 8.00. The van der Waals surface area contributed by atoms with Crippen LogP contribution in [0.25, 0.3) is 0 Å². The summed E-state index contributed by atoms with van der Waals surface area (Å²) < 4.78 is 0. The van der Waals surface area contributed by atoms with Crippen LogP contribution in [0.1, 0.15) is 29.8 Å². The average molecular weight is 432 g/mol. The van der Waals surface area contributed by atoms with E-state index in [2.05, 4.69) is 15.4 Å². The van der Waals surface area contributed by atoms with Crippen molar-refractivity contribution >= 4 is 29.3 Å². The fourth-order valence-electron chi connectivity index (χ4n) is 3.78. The highest BCUT2D eigenvalue weighted by Gasteiger charge is 2.42. The van der Waals surface area contributed by atoms with Crippen LogP contribution in [0, 0.1) is 0 Å². The SMILES string of the molecule is O=C(O)N1CCC(c2ccccc2)(c2nnn(Cc3ccc(Cl)cc3Cl)n2)CC1. The number of benzene rings is 2. The normalized spacial score (nSPS) is 16.0. The van der Waals surface area contributed by atoms with Gasteiger partial charge in [0.1, 0.15) is 0 Å². The largest absolute Gasteiger partial charge is 0.465 e. The third kappa shape index (κ3) is 3.93. The Morgan fingerprint density at radius 3 is 2.48 bits per heavy atom. The first-order chi connectivity index (χ1) is 14.0. The van der Waals surface area contributed by atoms with Gasteiger partial charge in [0.25, 0.3) is 0 Å². The van der Waals surface area contributed by atoms with Crippen molar-refractivity contribution in [2.24, 2.45) is 0 Å². The molecule has 0 aliphatic carbocycles. The molecule has 150 valence electrons. The fraction of sp³-hybridized carbons (Fsp3) is 0.300. The third-order valence-corrected chi connectivity index (χ3v) is 6.01. The number of tetrazole rings is 1. The van der Waals surface area contributed by atoms with E-state index in [0.29, 0.717) is 48.3 Å². The van der Waals surface area contributed by atoms with E-state index in [1.807, 2.05) is 36.4 Å². The summed E-state index contributed by atoms with van der Waals surface area (Å²) in [6, 6.07) is 15.3. The lowest BCUT2D eigenvalue weighted by atomic mass is 9.72. The number of hydrogen-bond acceptors (Lipinski definition) is 4. The van der Waals surface area contributed by atoms with Crippen LogP contribution in [0.3, 0.4) is 0 Å². The molecule has 1 amide bonds. The van der Waals surface area contributed by atoms with E-state index in [4.69, 9.17) is 23.2 Å². The summed E-state index contributed by atoms with van der Waals surface area (Å²) in [7, 11) is 0. The summed E-state index contributed by atoms with van der Waals surface area (Å²) in [5.41, 5.74) is 1.43. The molecule has 0 atom stereocenters. The summed E-state index contributed by atoms with van der Waals surface area (Å²) in [5.74, 6) is 0.596. The molecule has 9 heteroatoms. The number of carboxylic acid groups (broad SMARTS) is 1. The molecule has 1 N–H and O–H groups in total. The van der Waals surface area contributed by atoms with Gasteiger partial charge < -0.3 is 10.0 Å². The molecule has 3 aromatic rings. The monoisotopic (exact) mass is 431 g/mol. The molecule has 29 heavy (non-hydrogen) atoms. The van der Waals surface area contributed by atoms with Gasteiger partial charge in [0, 0.05) is 23.1 Å². The first kappa shape index (κ1) is 19.7. The maximum absolute atomic E-state index is 11.4. The van der Waals surface area contributed by atoms with Crippen molar-refractivity contribution in [3.05, 3.63) is 75.5 Å². The first-order valence-corrected chi connectivity index (χ1v) is 9.99. The molecule has 0 saturated carbocycles. The second-order valence-electron chi connectivity index (χ2n) is 7.10. The Kier molecular flexibility index (Phi) is 5.43. The summed E-state index contributed by atoms with van der Waals surface area (Å²) in [5, 5.41) is 23.7. The van der Waals surface area contributed by atoms with Gasteiger partial charge in [-0.2, -0.15) is 4.80 Å². The Balaban J connectivity index is 1.65. The van der Waals surface area contributed by atoms with Gasteiger partial charge in [-0.1, -0.05) is 59.6 Å². The topological polar surface area (TPSA) is 84.1 Å². The van der Waals surface area contributed by atoms with E-state index < -0.39 is 11.5 Å². The Morgan fingerprint density at radius 1 is 1.10 bits per heavy atom. The lowest BCUT2D eigenvalue weighted by Gasteiger charge is -2.39. The van der Waals surface area contributed by atoms with Crippen LogP contribution in [0.15, 0.2) is 48.5 Å². The number of rotatable bonds is 4. The number of halogens is 2. The lowest BCUT2D eigenvalue weighted by molar-refractivity contribution is 0.121. The second-order valence-corrected chi connectivity index (χ2v) is 7.94. The quantitative estimate of drug-likeness (QED) is 0.672. The maximum Gasteiger partial charge on any atom is 0.407 e. The van der Waals surface area contributed by atoms with E-state index in [0.717, 1.165) is 11.1 Å². The first-order valence-electron chi connectivity index (χ1n) is 9.23. The standard InChI is InChI=1S/C20H19Cl2N5O2/c21-16-7-6-14(17(22)12-16)13-27-24-18(23-25-27)20(15-4-2-1-3-5-15)8-10-26(11-9-20)19(28)29/h1-7,12H,8-11,13H2,(H,28,29). The van der Waals surface area contributed by atoms with Gasteiger partial charge in [-0.15, -0.1) is 10.2 Å². The highest BCUT2D eigenvalue weighted by molar-refractivity contribution is 6.35. The Bertz CT molecular complexity index is 1020. The maximum atomic E-state index is 11.4. The Hall–Kier alpha value is -2.64. The van der Waals surface area contributed by atoms with Crippen molar-refractivity contribution in [1.29, 1.82) is 0 Å². The average Bonchev–Trinajstić information content (AvgIpc) is 3.20. The molecule has 7 nitrogen and oxygen atoms in total. The van der Waals surface area contributed by atoms with Crippen LogP contribution < -0.4 is 0 Å². The zero-order valence-electron chi connectivity index (χ0n) is 15.5. The minimum absolute atomic E-state index is 0.370. The van der Waals surface area contributed by atoms with Crippen molar-refractivity contribution in [3.63, 3.8) is 0 Å². The molecular formula is C20H19Cl2N5O2. The molecule has 0 spiro atoms. The van der Waals surface area contributed by atoms with E-state index in [1.54, 1.807) is 12.1 Å². The van der Waals surface area contributed by atoms with Crippen LogP contribution in [0.5, 0.6) is 0 Å². The molecule has 4 rings (SSSR count). The molecule has 1 aromatic heterocycles. The number of nitrogens with zero attached hydrogens (tertiary/aromatic N) is 5. The molecule has 2 heterocycles. The van der Waals surface area contributed by atoms with Crippen molar-refractivity contribution in [3.8, 4) is 0 Å². The smallest absolute Gasteiger partial charge is 0.407 e. The van der Waals surface area contributed by atoms with Crippen molar-refractivity contribution in [2.45, 2.75) is 24.8 Å². The zero-order chi connectivity index (χ0) is 20.4. The van der Waals surface area contributed by atoms with Crippen molar-refractivity contribution in [1.82, 2.24) is 25.1 Å². The van der Waals surface area contributed by atoms with Crippen LogP contribution in [0.4, 0.5) is 4.79 Å². The molecule has 0 unspecified atom stereocenters. The third-order valence-electron chi connectivity index (χ3n) is 5.42. The van der Waals surface area contributed by atoms with Gasteiger partial charge in [-0.25, -0.2) is 4.79 Å². The number of carbonyl (C=O) groups is 1.